The Morgan fingerprint density at radius 1 is 1.19 bits per heavy atom. The molecule has 4 rings (SSSR count). The molecule has 3 aromatic rings. The number of nitrogens with zero attached hydrogens (tertiary/aromatic N) is 2. The number of aromatic nitrogens is 1. The van der Waals surface area contributed by atoms with Crippen molar-refractivity contribution in [3.8, 4) is 0 Å². The molecule has 0 N–H and O–H groups in total. The Labute approximate surface area is 151 Å². The first-order valence-corrected chi connectivity index (χ1v) is 9.07. The van der Waals surface area contributed by atoms with Gasteiger partial charge in [-0.15, -0.1) is 0 Å². The van der Waals surface area contributed by atoms with Gasteiger partial charge >= 0.3 is 5.76 Å². The molecule has 0 bridgehead atoms. The lowest BCUT2D eigenvalue weighted by Gasteiger charge is -2.33. The molecule has 0 saturated heterocycles. The lowest BCUT2D eigenvalue weighted by Crippen LogP contribution is -2.34. The second-order valence-corrected chi connectivity index (χ2v) is 6.85. The Hall–Kier alpha value is -2.82. The van der Waals surface area contributed by atoms with Crippen LogP contribution in [-0.2, 0) is 17.8 Å². The molecule has 0 spiro atoms. The van der Waals surface area contributed by atoms with Crippen LogP contribution in [0, 0.1) is 0 Å². The van der Waals surface area contributed by atoms with Crippen LogP contribution in [0.15, 0.2) is 57.7 Å². The standard InChI is InChI=1S/C21H22N2O3/c1-22(17-11-6-8-15-7-2-3-9-16(15)17)20(24)13-14-23-18-10-4-5-12-19(18)26-21(23)25/h2-5,7,9-10,12,17H,6,8,11,13-14H2,1H3. The molecular formula is C21H22N2O3. The van der Waals surface area contributed by atoms with Crippen molar-refractivity contribution in [3.63, 3.8) is 0 Å². The fourth-order valence-electron chi connectivity index (χ4n) is 3.91. The monoisotopic (exact) mass is 350 g/mol. The molecule has 1 aromatic heterocycles. The highest BCUT2D eigenvalue weighted by Crippen LogP contribution is 2.33. The van der Waals surface area contributed by atoms with Gasteiger partial charge < -0.3 is 9.32 Å². The van der Waals surface area contributed by atoms with Crippen LogP contribution in [0.2, 0.25) is 0 Å². The van der Waals surface area contributed by atoms with Crippen LogP contribution in [0.1, 0.15) is 36.4 Å². The fraction of sp³-hybridized carbons (Fsp3) is 0.333. The molecule has 0 fully saturated rings. The zero-order chi connectivity index (χ0) is 18.1. The molecule has 1 unspecified atom stereocenters. The summed E-state index contributed by atoms with van der Waals surface area (Å²) in [6.45, 7) is 0.327. The highest BCUT2D eigenvalue weighted by atomic mass is 16.4. The number of fused-ring (bicyclic) bond motifs is 2. The Morgan fingerprint density at radius 2 is 1.96 bits per heavy atom. The molecule has 1 aliphatic rings. The SMILES string of the molecule is CN(C(=O)CCn1c(=O)oc2ccccc21)C1CCCc2ccccc21. The van der Waals surface area contributed by atoms with Crippen molar-refractivity contribution in [1.29, 1.82) is 0 Å². The zero-order valence-corrected chi connectivity index (χ0v) is 14.9. The smallest absolute Gasteiger partial charge is 0.408 e. The first-order valence-electron chi connectivity index (χ1n) is 9.07. The maximum Gasteiger partial charge on any atom is 0.419 e. The number of carbonyl (C=O) groups excluding carboxylic acids is 1. The van der Waals surface area contributed by atoms with Gasteiger partial charge in [0.25, 0.3) is 0 Å². The first-order chi connectivity index (χ1) is 12.6. The molecule has 2 aromatic carbocycles. The summed E-state index contributed by atoms with van der Waals surface area (Å²) < 4.78 is 6.77. The number of oxazole rings is 1. The molecule has 5 nitrogen and oxygen atoms in total. The summed E-state index contributed by atoms with van der Waals surface area (Å²) in [5.41, 5.74) is 3.87. The fourth-order valence-corrected chi connectivity index (χ4v) is 3.91. The summed E-state index contributed by atoms with van der Waals surface area (Å²) in [5.74, 6) is -0.367. The first kappa shape index (κ1) is 16.6. The molecule has 1 atom stereocenters. The van der Waals surface area contributed by atoms with Crippen molar-refractivity contribution in [3.05, 3.63) is 70.2 Å². The molecule has 0 aliphatic heterocycles. The third kappa shape index (κ3) is 2.94. The summed E-state index contributed by atoms with van der Waals surface area (Å²) in [5, 5.41) is 0. The second kappa shape index (κ2) is 6.83. The number of hydrogen-bond acceptors (Lipinski definition) is 3. The largest absolute Gasteiger partial charge is 0.419 e. The van der Waals surface area contributed by atoms with E-state index < -0.39 is 5.76 Å². The highest BCUT2D eigenvalue weighted by molar-refractivity contribution is 5.77. The van der Waals surface area contributed by atoms with Crippen LogP contribution >= 0.6 is 0 Å². The molecule has 26 heavy (non-hydrogen) atoms. The lowest BCUT2D eigenvalue weighted by atomic mass is 9.87. The van der Waals surface area contributed by atoms with E-state index in [9.17, 15) is 9.59 Å². The van der Waals surface area contributed by atoms with Gasteiger partial charge in [-0.1, -0.05) is 36.4 Å². The molecule has 0 radical (unpaired) electrons. The van der Waals surface area contributed by atoms with E-state index in [0.717, 1.165) is 24.8 Å². The maximum absolute atomic E-state index is 12.8. The second-order valence-electron chi connectivity index (χ2n) is 6.85. The van der Waals surface area contributed by atoms with Crippen LogP contribution in [-0.4, -0.2) is 22.4 Å². The van der Waals surface area contributed by atoms with Crippen LogP contribution in [0.25, 0.3) is 11.1 Å². The summed E-state index contributed by atoms with van der Waals surface area (Å²) >= 11 is 0. The summed E-state index contributed by atoms with van der Waals surface area (Å²) in [6, 6.07) is 15.8. The normalized spacial score (nSPS) is 16.4. The number of para-hydroxylation sites is 2. The molecule has 0 saturated carbocycles. The quantitative estimate of drug-likeness (QED) is 0.723. The summed E-state index contributed by atoms with van der Waals surface area (Å²) in [4.78, 5) is 26.7. The van der Waals surface area contributed by atoms with Crippen molar-refractivity contribution < 1.29 is 9.21 Å². The van der Waals surface area contributed by atoms with Gasteiger partial charge in [-0.25, -0.2) is 4.79 Å². The van der Waals surface area contributed by atoms with E-state index in [0.29, 0.717) is 12.1 Å². The van der Waals surface area contributed by atoms with E-state index in [1.165, 1.54) is 15.7 Å². The van der Waals surface area contributed by atoms with Crippen molar-refractivity contribution in [2.45, 2.75) is 38.3 Å². The lowest BCUT2D eigenvalue weighted by molar-refractivity contribution is -0.132. The third-order valence-corrected chi connectivity index (χ3v) is 5.32. The predicted molar refractivity (Wildman–Crippen MR) is 100.0 cm³/mol. The van der Waals surface area contributed by atoms with E-state index in [1.807, 2.05) is 36.2 Å². The van der Waals surface area contributed by atoms with Crippen LogP contribution < -0.4 is 5.76 Å². The summed E-state index contributed by atoms with van der Waals surface area (Å²) in [7, 11) is 1.87. The predicted octanol–water partition coefficient (Wildman–Crippen LogP) is 3.52. The van der Waals surface area contributed by atoms with Crippen molar-refractivity contribution >= 4 is 17.0 Å². The van der Waals surface area contributed by atoms with Crippen molar-refractivity contribution in [1.82, 2.24) is 9.47 Å². The Bertz CT molecular complexity index is 1000. The van der Waals surface area contributed by atoms with E-state index in [4.69, 9.17) is 4.42 Å². The average Bonchev–Trinajstić information content (AvgIpc) is 3.00. The Balaban J connectivity index is 1.50. The molecule has 1 aliphatic carbocycles. The van der Waals surface area contributed by atoms with E-state index in [-0.39, 0.29) is 18.4 Å². The van der Waals surface area contributed by atoms with Crippen molar-refractivity contribution in [2.24, 2.45) is 0 Å². The number of hydrogen-bond donors (Lipinski definition) is 0. The zero-order valence-electron chi connectivity index (χ0n) is 14.9. The number of benzene rings is 2. The van der Waals surface area contributed by atoms with Gasteiger partial charge in [0.05, 0.1) is 11.6 Å². The van der Waals surface area contributed by atoms with Gasteiger partial charge in [0.15, 0.2) is 5.58 Å². The summed E-state index contributed by atoms with van der Waals surface area (Å²) in [6.07, 6.45) is 3.42. The molecule has 134 valence electrons. The third-order valence-electron chi connectivity index (χ3n) is 5.32. The van der Waals surface area contributed by atoms with Gasteiger partial charge in [-0.05, 0) is 42.5 Å². The van der Waals surface area contributed by atoms with Crippen LogP contribution in [0.3, 0.4) is 0 Å². The van der Waals surface area contributed by atoms with E-state index >= 15 is 0 Å². The minimum atomic E-state index is -0.412. The Kier molecular flexibility index (Phi) is 4.37. The van der Waals surface area contributed by atoms with Gasteiger partial charge in [0.1, 0.15) is 0 Å². The van der Waals surface area contributed by atoms with Crippen molar-refractivity contribution in [2.75, 3.05) is 7.05 Å². The van der Waals surface area contributed by atoms with Gasteiger partial charge in [0.2, 0.25) is 5.91 Å². The number of amides is 1. The van der Waals surface area contributed by atoms with Crippen LogP contribution in [0.5, 0.6) is 0 Å². The van der Waals surface area contributed by atoms with Gasteiger partial charge in [0, 0.05) is 20.0 Å². The molecule has 1 amide bonds. The average molecular weight is 350 g/mol. The minimum absolute atomic E-state index is 0.0453. The number of rotatable bonds is 4. The topological polar surface area (TPSA) is 55.5 Å². The highest BCUT2D eigenvalue weighted by Gasteiger charge is 2.26. The van der Waals surface area contributed by atoms with Crippen LogP contribution in [0.4, 0.5) is 0 Å². The molecule has 5 heteroatoms. The molecule has 1 heterocycles. The maximum atomic E-state index is 12.8. The van der Waals surface area contributed by atoms with Gasteiger partial charge in [-0.2, -0.15) is 0 Å². The minimum Gasteiger partial charge on any atom is -0.408 e. The van der Waals surface area contributed by atoms with E-state index in [1.54, 1.807) is 6.07 Å². The van der Waals surface area contributed by atoms with Gasteiger partial charge in [-0.3, -0.25) is 9.36 Å². The molecular weight excluding hydrogens is 328 g/mol. The number of aryl methyl sites for hydroxylation is 2. The number of carbonyl (C=O) groups is 1. The Morgan fingerprint density at radius 3 is 2.85 bits per heavy atom. The van der Waals surface area contributed by atoms with E-state index in [2.05, 4.69) is 18.2 Å².